The topological polar surface area (TPSA) is 49.0 Å². The SMILES string of the molecule is CCOC(CNCc1cc(OC)cc(OC)c1)OCC. The van der Waals surface area contributed by atoms with Gasteiger partial charge >= 0.3 is 0 Å². The summed E-state index contributed by atoms with van der Waals surface area (Å²) in [5, 5.41) is 3.31. The first-order chi connectivity index (χ1) is 9.73. The van der Waals surface area contributed by atoms with Crippen LogP contribution in [-0.4, -0.2) is 40.3 Å². The summed E-state index contributed by atoms with van der Waals surface area (Å²) in [6.07, 6.45) is -0.211. The average Bonchev–Trinajstić information content (AvgIpc) is 2.47. The van der Waals surface area contributed by atoms with Crippen molar-refractivity contribution in [3.05, 3.63) is 23.8 Å². The molecule has 0 aliphatic heterocycles. The first kappa shape index (κ1) is 16.8. The summed E-state index contributed by atoms with van der Waals surface area (Å²) in [6.45, 7) is 6.53. The van der Waals surface area contributed by atoms with E-state index < -0.39 is 0 Å². The summed E-state index contributed by atoms with van der Waals surface area (Å²) in [5.74, 6) is 1.57. The van der Waals surface area contributed by atoms with Gasteiger partial charge in [-0.1, -0.05) is 0 Å². The standard InChI is InChI=1S/C15H25NO4/c1-5-19-15(20-6-2)11-16-10-12-7-13(17-3)9-14(8-12)18-4/h7-9,15-16H,5-6,10-11H2,1-4H3. The summed E-state index contributed by atoms with van der Waals surface area (Å²) in [6, 6.07) is 5.81. The van der Waals surface area contributed by atoms with Crippen LogP contribution in [0.15, 0.2) is 18.2 Å². The zero-order valence-corrected chi connectivity index (χ0v) is 12.8. The molecule has 5 nitrogen and oxygen atoms in total. The van der Waals surface area contributed by atoms with E-state index in [-0.39, 0.29) is 6.29 Å². The van der Waals surface area contributed by atoms with Crippen molar-refractivity contribution in [2.45, 2.75) is 26.7 Å². The second-order valence-corrected chi connectivity index (χ2v) is 4.19. The maximum absolute atomic E-state index is 5.48. The van der Waals surface area contributed by atoms with E-state index >= 15 is 0 Å². The van der Waals surface area contributed by atoms with Crippen LogP contribution in [0.2, 0.25) is 0 Å². The van der Waals surface area contributed by atoms with E-state index in [0.29, 0.717) is 26.3 Å². The van der Waals surface area contributed by atoms with Crippen LogP contribution in [0.5, 0.6) is 11.5 Å². The normalized spacial score (nSPS) is 10.8. The van der Waals surface area contributed by atoms with Gasteiger partial charge in [0.2, 0.25) is 0 Å². The Kier molecular flexibility index (Phi) is 8.02. The molecule has 0 saturated carbocycles. The molecule has 0 spiro atoms. The molecular weight excluding hydrogens is 258 g/mol. The molecule has 0 aromatic heterocycles. The van der Waals surface area contributed by atoms with Crippen LogP contribution in [0.25, 0.3) is 0 Å². The van der Waals surface area contributed by atoms with Crippen molar-refractivity contribution in [1.29, 1.82) is 0 Å². The average molecular weight is 283 g/mol. The van der Waals surface area contributed by atoms with Gasteiger partial charge in [0.25, 0.3) is 0 Å². The number of hydrogen-bond donors (Lipinski definition) is 1. The highest BCUT2D eigenvalue weighted by atomic mass is 16.7. The molecule has 0 aliphatic rings. The van der Waals surface area contributed by atoms with Gasteiger partial charge in [0.1, 0.15) is 11.5 Å². The summed E-state index contributed by atoms with van der Waals surface area (Å²) in [7, 11) is 3.29. The smallest absolute Gasteiger partial charge is 0.169 e. The van der Waals surface area contributed by atoms with E-state index in [1.165, 1.54) is 0 Å². The van der Waals surface area contributed by atoms with Gasteiger partial charge in [-0.15, -0.1) is 0 Å². The predicted molar refractivity (Wildman–Crippen MR) is 78.3 cm³/mol. The quantitative estimate of drug-likeness (QED) is 0.667. The minimum absolute atomic E-state index is 0.211. The number of hydrogen-bond acceptors (Lipinski definition) is 5. The van der Waals surface area contributed by atoms with Crippen LogP contribution >= 0.6 is 0 Å². The Morgan fingerprint density at radius 3 is 1.95 bits per heavy atom. The fourth-order valence-electron chi connectivity index (χ4n) is 1.84. The highest BCUT2D eigenvalue weighted by molar-refractivity contribution is 5.38. The fraction of sp³-hybridized carbons (Fsp3) is 0.600. The lowest BCUT2D eigenvalue weighted by molar-refractivity contribution is -0.133. The first-order valence-electron chi connectivity index (χ1n) is 6.89. The third-order valence-electron chi connectivity index (χ3n) is 2.76. The molecule has 0 saturated heterocycles. The van der Waals surface area contributed by atoms with Gasteiger partial charge in [0, 0.05) is 32.4 Å². The maximum atomic E-state index is 5.48. The van der Waals surface area contributed by atoms with Crippen LogP contribution < -0.4 is 14.8 Å². The fourth-order valence-corrected chi connectivity index (χ4v) is 1.84. The molecule has 0 fully saturated rings. The Hall–Kier alpha value is -1.30. The van der Waals surface area contributed by atoms with E-state index in [0.717, 1.165) is 17.1 Å². The van der Waals surface area contributed by atoms with Gasteiger partial charge in [-0.2, -0.15) is 0 Å². The van der Waals surface area contributed by atoms with E-state index in [2.05, 4.69) is 5.32 Å². The molecule has 114 valence electrons. The number of ether oxygens (including phenoxy) is 4. The molecule has 1 aromatic rings. The molecular formula is C15H25NO4. The van der Waals surface area contributed by atoms with E-state index in [1.807, 2.05) is 32.0 Å². The molecule has 20 heavy (non-hydrogen) atoms. The highest BCUT2D eigenvalue weighted by Crippen LogP contribution is 2.22. The molecule has 0 aliphatic carbocycles. The Morgan fingerprint density at radius 2 is 1.50 bits per heavy atom. The molecule has 0 atom stereocenters. The number of nitrogens with one attached hydrogen (secondary N) is 1. The van der Waals surface area contributed by atoms with Crippen molar-refractivity contribution in [3.63, 3.8) is 0 Å². The zero-order chi connectivity index (χ0) is 14.8. The van der Waals surface area contributed by atoms with Crippen LogP contribution in [0.4, 0.5) is 0 Å². The van der Waals surface area contributed by atoms with Crippen LogP contribution in [-0.2, 0) is 16.0 Å². The molecule has 0 amide bonds. The molecule has 0 heterocycles. The van der Waals surface area contributed by atoms with Gasteiger partial charge in [0.15, 0.2) is 6.29 Å². The van der Waals surface area contributed by atoms with Gasteiger partial charge in [-0.05, 0) is 31.5 Å². The minimum Gasteiger partial charge on any atom is -0.497 e. The lowest BCUT2D eigenvalue weighted by Gasteiger charge is -2.17. The molecule has 5 heteroatoms. The maximum Gasteiger partial charge on any atom is 0.169 e. The predicted octanol–water partition coefficient (Wildman–Crippen LogP) is 2.19. The molecule has 0 radical (unpaired) electrons. The van der Waals surface area contributed by atoms with Crippen molar-refractivity contribution < 1.29 is 18.9 Å². The number of rotatable bonds is 10. The van der Waals surface area contributed by atoms with Crippen LogP contribution in [0, 0.1) is 0 Å². The minimum atomic E-state index is -0.211. The summed E-state index contributed by atoms with van der Waals surface area (Å²) < 4.78 is 21.4. The lowest BCUT2D eigenvalue weighted by atomic mass is 10.2. The second kappa shape index (κ2) is 9.58. The lowest BCUT2D eigenvalue weighted by Crippen LogP contribution is -2.31. The number of methoxy groups -OCH3 is 2. The van der Waals surface area contributed by atoms with Gasteiger partial charge < -0.3 is 24.3 Å². The first-order valence-corrected chi connectivity index (χ1v) is 6.89. The Balaban J connectivity index is 2.51. The Morgan fingerprint density at radius 1 is 0.950 bits per heavy atom. The van der Waals surface area contributed by atoms with Gasteiger partial charge in [-0.25, -0.2) is 0 Å². The molecule has 1 rings (SSSR count). The third-order valence-corrected chi connectivity index (χ3v) is 2.76. The largest absolute Gasteiger partial charge is 0.497 e. The summed E-state index contributed by atoms with van der Waals surface area (Å²) >= 11 is 0. The third kappa shape index (κ3) is 5.77. The highest BCUT2D eigenvalue weighted by Gasteiger charge is 2.07. The second-order valence-electron chi connectivity index (χ2n) is 4.19. The van der Waals surface area contributed by atoms with Crippen molar-refractivity contribution in [2.75, 3.05) is 34.0 Å². The monoisotopic (exact) mass is 283 g/mol. The van der Waals surface area contributed by atoms with E-state index in [1.54, 1.807) is 14.2 Å². The molecule has 1 aromatic carbocycles. The van der Waals surface area contributed by atoms with Crippen molar-refractivity contribution in [3.8, 4) is 11.5 Å². The van der Waals surface area contributed by atoms with Crippen molar-refractivity contribution >= 4 is 0 Å². The molecule has 0 unspecified atom stereocenters. The van der Waals surface area contributed by atoms with E-state index in [9.17, 15) is 0 Å². The van der Waals surface area contributed by atoms with Crippen molar-refractivity contribution in [1.82, 2.24) is 5.32 Å². The number of benzene rings is 1. The summed E-state index contributed by atoms with van der Waals surface area (Å²) in [4.78, 5) is 0. The summed E-state index contributed by atoms with van der Waals surface area (Å²) in [5.41, 5.74) is 1.09. The molecule has 1 N–H and O–H groups in total. The van der Waals surface area contributed by atoms with Crippen LogP contribution in [0.3, 0.4) is 0 Å². The molecule has 0 bridgehead atoms. The van der Waals surface area contributed by atoms with Gasteiger partial charge in [0.05, 0.1) is 14.2 Å². The van der Waals surface area contributed by atoms with E-state index in [4.69, 9.17) is 18.9 Å². The Labute approximate surface area is 121 Å². The van der Waals surface area contributed by atoms with Gasteiger partial charge in [-0.3, -0.25) is 0 Å². The Bertz CT molecular complexity index is 356. The zero-order valence-electron chi connectivity index (χ0n) is 12.8. The van der Waals surface area contributed by atoms with Crippen molar-refractivity contribution in [2.24, 2.45) is 0 Å². The van der Waals surface area contributed by atoms with Crippen LogP contribution in [0.1, 0.15) is 19.4 Å².